The molecule has 1 aliphatic rings. The molecule has 1 fully saturated rings. The maximum absolute atomic E-state index is 11.0. The molecule has 1 saturated carbocycles. The highest BCUT2D eigenvalue weighted by molar-refractivity contribution is 5.63. The standard InChI is InChI=1S/C16H25N3O2/c1-2-8-17-14-9-15(11-16(10-14)19(20)21)18-12-13-6-4-3-5-7-13/h9-11,13,17-18H,2-8,12H2,1H3. The van der Waals surface area contributed by atoms with Gasteiger partial charge in [-0.1, -0.05) is 26.2 Å². The number of nitrogens with one attached hydrogen (secondary N) is 2. The molecule has 0 bridgehead atoms. The second-order valence-electron chi connectivity index (χ2n) is 5.84. The van der Waals surface area contributed by atoms with Gasteiger partial charge in [-0.05, 0) is 31.2 Å². The number of benzene rings is 1. The topological polar surface area (TPSA) is 67.2 Å². The van der Waals surface area contributed by atoms with Crippen molar-refractivity contribution in [1.82, 2.24) is 0 Å². The van der Waals surface area contributed by atoms with Gasteiger partial charge >= 0.3 is 0 Å². The Labute approximate surface area is 126 Å². The summed E-state index contributed by atoms with van der Waals surface area (Å²) in [6.07, 6.45) is 7.49. The van der Waals surface area contributed by atoms with Crippen LogP contribution in [0.3, 0.4) is 0 Å². The van der Waals surface area contributed by atoms with Gasteiger partial charge < -0.3 is 10.6 Å². The van der Waals surface area contributed by atoms with Crippen LogP contribution in [0.4, 0.5) is 17.1 Å². The molecular formula is C16H25N3O2. The fourth-order valence-corrected chi connectivity index (χ4v) is 2.84. The summed E-state index contributed by atoms with van der Waals surface area (Å²) in [5.74, 6) is 0.699. The molecule has 0 heterocycles. The smallest absolute Gasteiger partial charge is 0.273 e. The number of nitro benzene ring substituents is 1. The molecule has 0 spiro atoms. The third-order valence-electron chi connectivity index (χ3n) is 4.03. The normalized spacial score (nSPS) is 15.7. The van der Waals surface area contributed by atoms with Gasteiger partial charge in [0.1, 0.15) is 0 Å². The van der Waals surface area contributed by atoms with E-state index in [0.29, 0.717) is 5.92 Å². The van der Waals surface area contributed by atoms with E-state index in [2.05, 4.69) is 17.6 Å². The molecule has 0 saturated heterocycles. The third-order valence-corrected chi connectivity index (χ3v) is 4.03. The number of non-ortho nitro benzene ring substituents is 1. The van der Waals surface area contributed by atoms with Crippen LogP contribution in [0.25, 0.3) is 0 Å². The predicted octanol–water partition coefficient (Wildman–Crippen LogP) is 4.41. The van der Waals surface area contributed by atoms with Crippen LogP contribution in [0.1, 0.15) is 45.4 Å². The molecule has 116 valence electrons. The number of rotatable bonds is 7. The van der Waals surface area contributed by atoms with E-state index in [-0.39, 0.29) is 10.6 Å². The van der Waals surface area contributed by atoms with Crippen LogP contribution in [0.5, 0.6) is 0 Å². The molecule has 0 atom stereocenters. The molecule has 1 aromatic carbocycles. The van der Waals surface area contributed by atoms with Crippen molar-refractivity contribution in [2.24, 2.45) is 5.92 Å². The number of anilines is 2. The Morgan fingerprint density at radius 1 is 1.14 bits per heavy atom. The van der Waals surface area contributed by atoms with Crippen molar-refractivity contribution < 1.29 is 4.92 Å². The largest absolute Gasteiger partial charge is 0.385 e. The average molecular weight is 291 g/mol. The second kappa shape index (κ2) is 7.86. The van der Waals surface area contributed by atoms with Gasteiger partial charge in [-0.2, -0.15) is 0 Å². The number of hydrogen-bond donors (Lipinski definition) is 2. The zero-order valence-electron chi connectivity index (χ0n) is 12.7. The van der Waals surface area contributed by atoms with Crippen LogP contribution in [0, 0.1) is 16.0 Å². The number of nitrogens with zero attached hydrogens (tertiary/aromatic N) is 1. The van der Waals surface area contributed by atoms with E-state index in [1.165, 1.54) is 32.1 Å². The van der Waals surface area contributed by atoms with Gasteiger partial charge in [-0.3, -0.25) is 10.1 Å². The van der Waals surface area contributed by atoms with E-state index in [9.17, 15) is 10.1 Å². The minimum Gasteiger partial charge on any atom is -0.385 e. The zero-order chi connectivity index (χ0) is 15.1. The molecule has 5 nitrogen and oxygen atoms in total. The first kappa shape index (κ1) is 15.6. The maximum atomic E-state index is 11.0. The van der Waals surface area contributed by atoms with Gasteiger partial charge in [-0.25, -0.2) is 0 Å². The first-order valence-electron chi connectivity index (χ1n) is 7.96. The van der Waals surface area contributed by atoms with Gasteiger partial charge in [0.15, 0.2) is 0 Å². The highest BCUT2D eigenvalue weighted by Gasteiger charge is 2.14. The SMILES string of the molecule is CCCNc1cc(NCC2CCCCC2)cc([N+](=O)[O-])c1. The molecule has 5 heteroatoms. The zero-order valence-corrected chi connectivity index (χ0v) is 12.7. The highest BCUT2D eigenvalue weighted by Crippen LogP contribution is 2.27. The fraction of sp³-hybridized carbons (Fsp3) is 0.625. The molecule has 0 radical (unpaired) electrons. The van der Waals surface area contributed by atoms with Crippen LogP contribution in [0.2, 0.25) is 0 Å². The minimum atomic E-state index is -0.330. The van der Waals surface area contributed by atoms with Crippen molar-refractivity contribution in [3.05, 3.63) is 28.3 Å². The number of hydrogen-bond acceptors (Lipinski definition) is 4. The van der Waals surface area contributed by atoms with E-state index < -0.39 is 0 Å². The molecule has 21 heavy (non-hydrogen) atoms. The summed E-state index contributed by atoms with van der Waals surface area (Å²) >= 11 is 0. The molecule has 1 aliphatic carbocycles. The third kappa shape index (κ3) is 4.92. The van der Waals surface area contributed by atoms with Crippen molar-refractivity contribution in [3.63, 3.8) is 0 Å². The van der Waals surface area contributed by atoms with Gasteiger partial charge in [0.25, 0.3) is 5.69 Å². The van der Waals surface area contributed by atoms with Gasteiger partial charge in [0.2, 0.25) is 0 Å². The highest BCUT2D eigenvalue weighted by atomic mass is 16.6. The van der Waals surface area contributed by atoms with E-state index in [1.54, 1.807) is 12.1 Å². The Bertz CT molecular complexity index is 471. The van der Waals surface area contributed by atoms with Crippen molar-refractivity contribution >= 4 is 17.1 Å². The summed E-state index contributed by atoms with van der Waals surface area (Å²) in [4.78, 5) is 10.7. The lowest BCUT2D eigenvalue weighted by Gasteiger charge is -2.22. The molecule has 0 unspecified atom stereocenters. The van der Waals surface area contributed by atoms with Crippen molar-refractivity contribution in [2.75, 3.05) is 23.7 Å². The van der Waals surface area contributed by atoms with Gasteiger partial charge in [-0.15, -0.1) is 0 Å². The van der Waals surface area contributed by atoms with Gasteiger partial charge in [0, 0.05) is 36.6 Å². The summed E-state index contributed by atoms with van der Waals surface area (Å²) in [7, 11) is 0. The summed E-state index contributed by atoms with van der Waals surface area (Å²) in [6.45, 7) is 3.81. The Hall–Kier alpha value is -1.78. The Morgan fingerprint density at radius 3 is 2.43 bits per heavy atom. The summed E-state index contributed by atoms with van der Waals surface area (Å²) < 4.78 is 0. The summed E-state index contributed by atoms with van der Waals surface area (Å²) in [6, 6.07) is 5.19. The van der Waals surface area contributed by atoms with E-state index in [0.717, 1.165) is 30.9 Å². The van der Waals surface area contributed by atoms with Crippen LogP contribution >= 0.6 is 0 Å². The molecular weight excluding hydrogens is 266 g/mol. The van der Waals surface area contributed by atoms with Crippen LogP contribution in [-0.4, -0.2) is 18.0 Å². The first-order valence-corrected chi connectivity index (χ1v) is 7.96. The van der Waals surface area contributed by atoms with Crippen molar-refractivity contribution in [1.29, 1.82) is 0 Å². The monoisotopic (exact) mass is 291 g/mol. The molecule has 1 aromatic rings. The first-order chi connectivity index (χ1) is 10.2. The van der Waals surface area contributed by atoms with Crippen LogP contribution in [-0.2, 0) is 0 Å². The van der Waals surface area contributed by atoms with Crippen molar-refractivity contribution in [2.45, 2.75) is 45.4 Å². The Morgan fingerprint density at radius 2 is 1.81 bits per heavy atom. The summed E-state index contributed by atoms with van der Waals surface area (Å²) in [5, 5.41) is 17.6. The second-order valence-corrected chi connectivity index (χ2v) is 5.84. The van der Waals surface area contributed by atoms with Crippen LogP contribution in [0.15, 0.2) is 18.2 Å². The fourth-order valence-electron chi connectivity index (χ4n) is 2.84. The predicted molar refractivity (Wildman–Crippen MR) is 86.9 cm³/mol. The molecule has 2 N–H and O–H groups in total. The maximum Gasteiger partial charge on any atom is 0.273 e. The number of nitro groups is 1. The van der Waals surface area contributed by atoms with Crippen LogP contribution < -0.4 is 10.6 Å². The Kier molecular flexibility index (Phi) is 5.84. The summed E-state index contributed by atoms with van der Waals surface area (Å²) in [5.41, 5.74) is 1.80. The Balaban J connectivity index is 2.02. The lowest BCUT2D eigenvalue weighted by Crippen LogP contribution is -2.17. The van der Waals surface area contributed by atoms with E-state index >= 15 is 0 Å². The van der Waals surface area contributed by atoms with E-state index in [1.807, 2.05) is 6.07 Å². The van der Waals surface area contributed by atoms with Crippen molar-refractivity contribution in [3.8, 4) is 0 Å². The lowest BCUT2D eigenvalue weighted by atomic mass is 9.89. The van der Waals surface area contributed by atoms with Gasteiger partial charge in [0.05, 0.1) is 4.92 Å². The minimum absolute atomic E-state index is 0.141. The van der Waals surface area contributed by atoms with E-state index in [4.69, 9.17) is 0 Å². The molecule has 0 amide bonds. The average Bonchev–Trinajstić information content (AvgIpc) is 2.51. The molecule has 0 aromatic heterocycles. The lowest BCUT2D eigenvalue weighted by molar-refractivity contribution is -0.384. The quantitative estimate of drug-likeness (QED) is 0.577. The molecule has 2 rings (SSSR count). The molecule has 0 aliphatic heterocycles.